The fraction of sp³-hybridized carbons (Fsp3) is 0.154. The molecule has 19 heavy (non-hydrogen) atoms. The van der Waals surface area contributed by atoms with Gasteiger partial charge in [-0.3, -0.25) is 0 Å². The molecule has 0 aliphatic rings. The molecule has 0 aliphatic heterocycles. The van der Waals surface area contributed by atoms with Gasteiger partial charge in [0.1, 0.15) is 0 Å². The Labute approximate surface area is 119 Å². The molecule has 4 nitrogen and oxygen atoms in total. The number of hydrogen-bond acceptors (Lipinski definition) is 4. The number of carboxylic acids is 1. The molecule has 0 saturated carbocycles. The van der Waals surface area contributed by atoms with E-state index in [1.54, 1.807) is 12.1 Å². The molecule has 1 aromatic carbocycles. The fourth-order valence-electron chi connectivity index (χ4n) is 1.74. The Kier molecular flexibility index (Phi) is 4.29. The molecule has 1 aromatic heterocycles. The first-order valence-electron chi connectivity index (χ1n) is 5.68. The zero-order valence-corrected chi connectivity index (χ0v) is 11.6. The van der Waals surface area contributed by atoms with Crippen LogP contribution in [0.25, 0.3) is 0 Å². The molecule has 0 bridgehead atoms. The highest BCUT2D eigenvalue weighted by molar-refractivity contribution is 7.16. The second kappa shape index (κ2) is 5.95. The van der Waals surface area contributed by atoms with Crippen molar-refractivity contribution in [2.24, 2.45) is 0 Å². The van der Waals surface area contributed by atoms with Gasteiger partial charge in [0.05, 0.1) is 21.3 Å². The zero-order chi connectivity index (χ0) is 13.8. The van der Waals surface area contributed by atoms with Crippen molar-refractivity contribution >= 4 is 40.3 Å². The lowest BCUT2D eigenvalue weighted by Crippen LogP contribution is -2.11. The van der Waals surface area contributed by atoms with Gasteiger partial charge in [-0.2, -0.15) is 0 Å². The number of halogens is 1. The number of thiophene rings is 1. The van der Waals surface area contributed by atoms with Crippen molar-refractivity contribution in [3.8, 4) is 0 Å². The minimum absolute atomic E-state index is 0.184. The van der Waals surface area contributed by atoms with Gasteiger partial charge in [-0.15, -0.1) is 11.3 Å². The summed E-state index contributed by atoms with van der Waals surface area (Å²) in [5.41, 5.74) is 6.89. The number of nitrogens with two attached hydrogens (primary N) is 1. The average Bonchev–Trinajstić information content (AvgIpc) is 2.77. The molecule has 0 fully saturated rings. The monoisotopic (exact) mass is 296 g/mol. The summed E-state index contributed by atoms with van der Waals surface area (Å²) in [5, 5.41) is 12.2. The van der Waals surface area contributed by atoms with Crippen molar-refractivity contribution in [2.45, 2.75) is 6.42 Å². The number of rotatable bonds is 5. The molecular weight excluding hydrogens is 284 g/mol. The van der Waals surface area contributed by atoms with Crippen LogP contribution in [0.1, 0.15) is 15.2 Å². The van der Waals surface area contributed by atoms with Gasteiger partial charge in [-0.25, -0.2) is 4.79 Å². The third-order valence-corrected chi connectivity index (χ3v) is 3.92. The molecule has 0 amide bonds. The number of nitrogen functional groups attached to an aromatic ring is 1. The van der Waals surface area contributed by atoms with Crippen molar-refractivity contribution < 1.29 is 9.90 Å². The van der Waals surface area contributed by atoms with Crippen LogP contribution in [0.4, 0.5) is 11.4 Å². The van der Waals surface area contributed by atoms with Gasteiger partial charge >= 0.3 is 5.97 Å². The topological polar surface area (TPSA) is 75.4 Å². The van der Waals surface area contributed by atoms with E-state index in [0.29, 0.717) is 17.9 Å². The van der Waals surface area contributed by atoms with Crippen LogP contribution in [-0.4, -0.2) is 17.6 Å². The molecule has 0 saturated heterocycles. The highest BCUT2D eigenvalue weighted by Crippen LogP contribution is 2.25. The Morgan fingerprint density at radius 2 is 2.16 bits per heavy atom. The summed E-state index contributed by atoms with van der Waals surface area (Å²) in [4.78, 5) is 12.2. The summed E-state index contributed by atoms with van der Waals surface area (Å²) < 4.78 is 0.750. The summed E-state index contributed by atoms with van der Waals surface area (Å²) in [6, 6.07) is 8.64. The van der Waals surface area contributed by atoms with Crippen molar-refractivity contribution in [1.29, 1.82) is 0 Å². The van der Waals surface area contributed by atoms with E-state index in [4.69, 9.17) is 22.4 Å². The first-order valence-corrected chi connectivity index (χ1v) is 6.87. The Morgan fingerprint density at radius 1 is 1.37 bits per heavy atom. The Balaban J connectivity index is 2.05. The Hall–Kier alpha value is -1.72. The van der Waals surface area contributed by atoms with Crippen LogP contribution in [-0.2, 0) is 6.42 Å². The number of nitrogens with one attached hydrogen (secondary N) is 1. The SMILES string of the molecule is Nc1cccc(C(=O)O)c1NCCc1ccc(Cl)s1. The van der Waals surface area contributed by atoms with Crippen LogP contribution in [0.2, 0.25) is 4.34 Å². The number of carbonyl (C=O) groups is 1. The number of aromatic carboxylic acids is 1. The zero-order valence-electron chi connectivity index (χ0n) is 10.0. The minimum atomic E-state index is -0.992. The van der Waals surface area contributed by atoms with E-state index in [0.717, 1.165) is 15.6 Å². The minimum Gasteiger partial charge on any atom is -0.478 e. The molecule has 0 unspecified atom stereocenters. The summed E-state index contributed by atoms with van der Waals surface area (Å²) in [6.07, 6.45) is 0.769. The maximum atomic E-state index is 11.1. The number of para-hydroxylation sites is 1. The quantitative estimate of drug-likeness (QED) is 0.740. The van der Waals surface area contributed by atoms with Gasteiger partial charge in [0.2, 0.25) is 0 Å². The van der Waals surface area contributed by atoms with E-state index in [-0.39, 0.29) is 5.56 Å². The number of carboxylic acid groups (broad SMARTS) is 1. The molecule has 100 valence electrons. The first-order chi connectivity index (χ1) is 9.08. The predicted octanol–water partition coefficient (Wildman–Crippen LogP) is 3.34. The first kappa shape index (κ1) is 13.7. The number of anilines is 2. The van der Waals surface area contributed by atoms with Crippen molar-refractivity contribution in [3.63, 3.8) is 0 Å². The third-order valence-electron chi connectivity index (χ3n) is 2.63. The molecular formula is C13H13ClN2O2S. The summed E-state index contributed by atoms with van der Waals surface area (Å²) in [5.74, 6) is -0.992. The number of benzene rings is 1. The Bertz CT molecular complexity index is 598. The largest absolute Gasteiger partial charge is 0.478 e. The molecule has 0 aliphatic carbocycles. The summed E-state index contributed by atoms with van der Waals surface area (Å²) in [6.45, 7) is 0.603. The molecule has 2 rings (SSSR count). The number of hydrogen-bond donors (Lipinski definition) is 3. The van der Waals surface area contributed by atoms with E-state index in [1.807, 2.05) is 12.1 Å². The van der Waals surface area contributed by atoms with E-state index in [1.165, 1.54) is 17.4 Å². The van der Waals surface area contributed by atoms with Crippen LogP contribution in [0.3, 0.4) is 0 Å². The van der Waals surface area contributed by atoms with Gasteiger partial charge in [0.15, 0.2) is 0 Å². The molecule has 0 atom stereocenters. The van der Waals surface area contributed by atoms with Crippen LogP contribution in [0.5, 0.6) is 0 Å². The van der Waals surface area contributed by atoms with E-state index >= 15 is 0 Å². The molecule has 2 aromatic rings. The maximum absolute atomic E-state index is 11.1. The molecule has 0 spiro atoms. The molecule has 0 radical (unpaired) electrons. The van der Waals surface area contributed by atoms with E-state index < -0.39 is 5.97 Å². The standard InChI is InChI=1S/C13H13ClN2O2S/c14-11-5-4-8(19-11)6-7-16-12-9(13(17)18)2-1-3-10(12)15/h1-5,16H,6-7,15H2,(H,17,18). The van der Waals surface area contributed by atoms with Crippen LogP contribution >= 0.6 is 22.9 Å². The maximum Gasteiger partial charge on any atom is 0.337 e. The molecule has 1 heterocycles. The normalized spacial score (nSPS) is 10.4. The third kappa shape index (κ3) is 3.39. The van der Waals surface area contributed by atoms with Crippen molar-refractivity contribution in [2.75, 3.05) is 17.6 Å². The highest BCUT2D eigenvalue weighted by Gasteiger charge is 2.11. The van der Waals surface area contributed by atoms with Crippen LogP contribution in [0.15, 0.2) is 30.3 Å². The lowest BCUT2D eigenvalue weighted by atomic mass is 10.1. The lowest BCUT2D eigenvalue weighted by Gasteiger charge is -2.11. The van der Waals surface area contributed by atoms with E-state index in [2.05, 4.69) is 5.32 Å². The summed E-state index contributed by atoms with van der Waals surface area (Å²) in [7, 11) is 0. The van der Waals surface area contributed by atoms with Gasteiger partial charge < -0.3 is 16.2 Å². The second-order valence-electron chi connectivity index (χ2n) is 3.96. The predicted molar refractivity (Wildman–Crippen MR) is 79.3 cm³/mol. The van der Waals surface area contributed by atoms with Gasteiger partial charge in [-0.1, -0.05) is 17.7 Å². The smallest absolute Gasteiger partial charge is 0.337 e. The lowest BCUT2D eigenvalue weighted by molar-refractivity contribution is 0.0698. The second-order valence-corrected chi connectivity index (χ2v) is 5.76. The Morgan fingerprint density at radius 3 is 2.79 bits per heavy atom. The molecule has 4 N–H and O–H groups in total. The molecule has 6 heteroatoms. The van der Waals surface area contributed by atoms with Gasteiger partial charge in [0, 0.05) is 11.4 Å². The van der Waals surface area contributed by atoms with Gasteiger partial charge in [-0.05, 0) is 30.7 Å². The van der Waals surface area contributed by atoms with Crippen molar-refractivity contribution in [3.05, 3.63) is 45.1 Å². The van der Waals surface area contributed by atoms with Crippen LogP contribution in [0, 0.1) is 0 Å². The average molecular weight is 297 g/mol. The van der Waals surface area contributed by atoms with Crippen molar-refractivity contribution in [1.82, 2.24) is 0 Å². The van der Waals surface area contributed by atoms with E-state index in [9.17, 15) is 4.79 Å². The fourth-order valence-corrected chi connectivity index (χ4v) is 2.83. The van der Waals surface area contributed by atoms with Gasteiger partial charge in [0.25, 0.3) is 0 Å². The highest BCUT2D eigenvalue weighted by atomic mass is 35.5. The summed E-state index contributed by atoms with van der Waals surface area (Å²) >= 11 is 7.36. The van der Waals surface area contributed by atoms with Crippen LogP contribution < -0.4 is 11.1 Å².